The monoisotopic (exact) mass is 458 g/mol. The third-order valence-electron chi connectivity index (χ3n) is 5.31. The molecule has 1 heterocycles. The van der Waals surface area contributed by atoms with Crippen LogP contribution in [0.2, 0.25) is 0 Å². The molecule has 2 aromatic carbocycles. The van der Waals surface area contributed by atoms with E-state index >= 15 is 0 Å². The van der Waals surface area contributed by atoms with Crippen molar-refractivity contribution in [3.05, 3.63) is 114 Å². The lowest BCUT2D eigenvalue weighted by atomic mass is 9.97. The molecule has 1 unspecified atom stereocenters. The summed E-state index contributed by atoms with van der Waals surface area (Å²) in [7, 11) is -1.02. The van der Waals surface area contributed by atoms with Gasteiger partial charge in [0, 0.05) is 46.5 Å². The molecule has 0 aliphatic heterocycles. The van der Waals surface area contributed by atoms with Crippen molar-refractivity contribution in [1.82, 2.24) is 10.3 Å². The molecule has 33 heavy (non-hydrogen) atoms. The molecule has 5 heteroatoms. The summed E-state index contributed by atoms with van der Waals surface area (Å²) in [5, 5.41) is 3.03. The molecule has 4 nitrogen and oxygen atoms in total. The summed E-state index contributed by atoms with van der Waals surface area (Å²) >= 11 is 0. The van der Waals surface area contributed by atoms with Gasteiger partial charge in [0.2, 0.25) is 5.91 Å². The van der Waals surface area contributed by atoms with E-state index in [0.717, 1.165) is 40.9 Å². The number of amides is 1. The maximum absolute atomic E-state index is 12.4. The molecule has 0 bridgehead atoms. The second kappa shape index (κ2) is 12.7. The number of carbonyl (C=O) groups excluding carboxylic acids is 1. The van der Waals surface area contributed by atoms with Gasteiger partial charge in [-0.1, -0.05) is 60.7 Å². The number of aryl methyl sites for hydroxylation is 1. The Morgan fingerprint density at radius 2 is 1.76 bits per heavy atom. The van der Waals surface area contributed by atoms with Crippen LogP contribution in [0.4, 0.5) is 0 Å². The second-order valence-electron chi connectivity index (χ2n) is 7.95. The average Bonchev–Trinajstić information content (AvgIpc) is 2.83. The number of hydrogen-bond donors (Lipinski definition) is 1. The van der Waals surface area contributed by atoms with Crippen LogP contribution in [0.15, 0.2) is 102 Å². The van der Waals surface area contributed by atoms with E-state index < -0.39 is 10.8 Å². The SMILES string of the molecule is CC(CCCc1cccnc1)NC(=O)C=CC=C(c1ccccc1)c1ccc([S@@](C)=O)cc1. The maximum atomic E-state index is 12.4. The molecule has 1 amide bonds. The van der Waals surface area contributed by atoms with E-state index in [9.17, 15) is 9.00 Å². The lowest BCUT2D eigenvalue weighted by Gasteiger charge is -2.12. The van der Waals surface area contributed by atoms with Gasteiger partial charge in [-0.15, -0.1) is 0 Å². The van der Waals surface area contributed by atoms with Gasteiger partial charge in [-0.2, -0.15) is 0 Å². The van der Waals surface area contributed by atoms with Crippen molar-refractivity contribution in [3.63, 3.8) is 0 Å². The van der Waals surface area contributed by atoms with Crippen LogP contribution < -0.4 is 5.32 Å². The normalized spacial score (nSPS) is 13.6. The number of hydrogen-bond acceptors (Lipinski definition) is 3. The Hall–Kier alpha value is -3.31. The first-order valence-electron chi connectivity index (χ1n) is 11.1. The number of nitrogens with zero attached hydrogens (tertiary/aromatic N) is 1. The summed E-state index contributed by atoms with van der Waals surface area (Å²) in [6, 6.07) is 21.8. The Kier molecular flexibility index (Phi) is 9.33. The first kappa shape index (κ1) is 24.3. The highest BCUT2D eigenvalue weighted by atomic mass is 32.2. The Morgan fingerprint density at radius 1 is 1.03 bits per heavy atom. The predicted octanol–water partition coefficient (Wildman–Crippen LogP) is 5.33. The fourth-order valence-electron chi connectivity index (χ4n) is 3.56. The lowest BCUT2D eigenvalue weighted by Crippen LogP contribution is -2.31. The minimum absolute atomic E-state index is 0.0962. The third-order valence-corrected chi connectivity index (χ3v) is 6.24. The number of aromatic nitrogens is 1. The number of benzene rings is 2. The Labute approximate surface area is 198 Å². The quantitative estimate of drug-likeness (QED) is 0.330. The molecule has 0 aliphatic carbocycles. The van der Waals surface area contributed by atoms with Crippen molar-refractivity contribution in [2.75, 3.05) is 6.26 Å². The highest BCUT2D eigenvalue weighted by molar-refractivity contribution is 7.84. The van der Waals surface area contributed by atoms with Gasteiger partial charge in [-0.05, 0) is 66.6 Å². The Morgan fingerprint density at radius 3 is 2.42 bits per heavy atom. The van der Waals surface area contributed by atoms with Gasteiger partial charge in [-0.25, -0.2) is 0 Å². The number of pyridine rings is 1. The first-order valence-corrected chi connectivity index (χ1v) is 12.7. The molecular weight excluding hydrogens is 428 g/mol. The predicted molar refractivity (Wildman–Crippen MR) is 136 cm³/mol. The summed E-state index contributed by atoms with van der Waals surface area (Å²) in [6.45, 7) is 2.03. The third kappa shape index (κ3) is 7.95. The molecule has 0 aliphatic rings. The van der Waals surface area contributed by atoms with E-state index in [1.54, 1.807) is 24.6 Å². The fourth-order valence-corrected chi connectivity index (χ4v) is 4.08. The molecule has 3 aromatic rings. The smallest absolute Gasteiger partial charge is 0.244 e. The summed E-state index contributed by atoms with van der Waals surface area (Å²) in [5.41, 5.74) is 4.27. The van der Waals surface area contributed by atoms with Crippen LogP contribution in [0, 0.1) is 0 Å². The van der Waals surface area contributed by atoms with Crippen molar-refractivity contribution in [1.29, 1.82) is 0 Å². The van der Waals surface area contributed by atoms with Gasteiger partial charge in [0.1, 0.15) is 0 Å². The van der Waals surface area contributed by atoms with Crippen molar-refractivity contribution < 1.29 is 9.00 Å². The van der Waals surface area contributed by atoms with Gasteiger partial charge in [0.05, 0.1) is 0 Å². The molecule has 3 rings (SSSR count). The van der Waals surface area contributed by atoms with E-state index in [4.69, 9.17) is 0 Å². The van der Waals surface area contributed by atoms with E-state index in [0.29, 0.717) is 0 Å². The molecule has 0 saturated heterocycles. The van der Waals surface area contributed by atoms with Crippen molar-refractivity contribution >= 4 is 22.3 Å². The molecule has 1 aromatic heterocycles. The van der Waals surface area contributed by atoms with Crippen molar-refractivity contribution in [2.45, 2.75) is 37.1 Å². The van der Waals surface area contributed by atoms with Gasteiger partial charge in [-0.3, -0.25) is 14.0 Å². The minimum atomic E-state index is -1.02. The summed E-state index contributed by atoms with van der Waals surface area (Å²) < 4.78 is 11.7. The first-order chi connectivity index (χ1) is 16.0. The molecule has 0 radical (unpaired) electrons. The molecular formula is C28H30N2O2S. The lowest BCUT2D eigenvalue weighted by molar-refractivity contribution is -0.117. The number of rotatable bonds is 10. The van der Waals surface area contributed by atoms with E-state index in [-0.39, 0.29) is 11.9 Å². The number of allylic oxidation sites excluding steroid dienone is 2. The van der Waals surface area contributed by atoms with Crippen LogP contribution in [0.1, 0.15) is 36.5 Å². The number of nitrogens with one attached hydrogen (secondary N) is 1. The van der Waals surface area contributed by atoms with E-state index in [2.05, 4.69) is 16.4 Å². The zero-order chi connectivity index (χ0) is 23.5. The largest absolute Gasteiger partial charge is 0.350 e. The van der Waals surface area contributed by atoms with Crippen LogP contribution in [-0.4, -0.2) is 27.4 Å². The van der Waals surface area contributed by atoms with Crippen LogP contribution in [0.3, 0.4) is 0 Å². The molecule has 0 fully saturated rings. The molecule has 1 N–H and O–H groups in total. The van der Waals surface area contributed by atoms with Crippen molar-refractivity contribution in [2.24, 2.45) is 0 Å². The minimum Gasteiger partial charge on any atom is -0.350 e. The summed E-state index contributed by atoms with van der Waals surface area (Å²) in [6.07, 6.45) is 13.5. The highest BCUT2D eigenvalue weighted by Gasteiger charge is 2.07. The van der Waals surface area contributed by atoms with Crippen LogP contribution in [0.5, 0.6) is 0 Å². The van der Waals surface area contributed by atoms with Gasteiger partial charge in [0.25, 0.3) is 0 Å². The van der Waals surface area contributed by atoms with Crippen LogP contribution >= 0.6 is 0 Å². The molecule has 0 spiro atoms. The maximum Gasteiger partial charge on any atom is 0.244 e. The Bertz CT molecular complexity index is 1110. The molecule has 170 valence electrons. The molecule has 0 saturated carbocycles. The topological polar surface area (TPSA) is 59.1 Å². The summed E-state index contributed by atoms with van der Waals surface area (Å²) in [5.74, 6) is -0.107. The van der Waals surface area contributed by atoms with Gasteiger partial charge in [0.15, 0.2) is 0 Å². The van der Waals surface area contributed by atoms with Gasteiger partial charge >= 0.3 is 0 Å². The second-order valence-corrected chi connectivity index (χ2v) is 9.33. The zero-order valence-electron chi connectivity index (χ0n) is 19.1. The molecule has 2 atom stereocenters. The highest BCUT2D eigenvalue weighted by Crippen LogP contribution is 2.24. The Balaban J connectivity index is 1.62. The zero-order valence-corrected chi connectivity index (χ0v) is 19.9. The average molecular weight is 459 g/mol. The van der Waals surface area contributed by atoms with Crippen LogP contribution in [-0.2, 0) is 22.0 Å². The standard InChI is InChI=1S/C28H30N2O2S/c1-22(9-6-10-23-11-8-20-29-21-23)30-28(31)15-7-14-27(24-12-4-3-5-13-24)25-16-18-26(19-17-25)33(2)32/h3-5,7-8,11-22H,6,9-10H2,1-2H3,(H,30,31)/t22?,33-/m1/s1. The van der Waals surface area contributed by atoms with E-state index in [1.807, 2.05) is 79.9 Å². The fraction of sp³-hybridized carbons (Fsp3) is 0.214. The van der Waals surface area contributed by atoms with Gasteiger partial charge < -0.3 is 5.32 Å². The van der Waals surface area contributed by atoms with Crippen LogP contribution in [0.25, 0.3) is 5.57 Å². The van der Waals surface area contributed by atoms with Crippen molar-refractivity contribution in [3.8, 4) is 0 Å². The number of carbonyl (C=O) groups is 1. The van der Waals surface area contributed by atoms with E-state index in [1.165, 1.54) is 5.56 Å². The summed E-state index contributed by atoms with van der Waals surface area (Å²) in [4.78, 5) is 17.3.